The van der Waals surface area contributed by atoms with E-state index < -0.39 is 17.8 Å². The second-order valence-corrected chi connectivity index (χ2v) is 4.10. The average Bonchev–Trinajstić information content (AvgIpc) is 2.77. The van der Waals surface area contributed by atoms with Crippen molar-refractivity contribution in [2.45, 2.75) is 25.6 Å². The SMILES string of the molecule is CC(O)c1nc(Cc2ccc(C(F)(F)F)cc2)no1. The molecule has 1 aromatic carbocycles. The molecule has 0 aliphatic rings. The van der Waals surface area contributed by atoms with Gasteiger partial charge in [0.1, 0.15) is 6.10 Å². The molecule has 1 heterocycles. The predicted octanol–water partition coefficient (Wildman–Crippen LogP) is 2.73. The zero-order valence-electron chi connectivity index (χ0n) is 9.98. The molecule has 1 atom stereocenters. The highest BCUT2D eigenvalue weighted by atomic mass is 19.4. The Bertz CT molecular complexity index is 547. The van der Waals surface area contributed by atoms with Crippen molar-refractivity contribution in [3.63, 3.8) is 0 Å². The Labute approximate surface area is 106 Å². The molecule has 0 aliphatic heterocycles. The van der Waals surface area contributed by atoms with E-state index >= 15 is 0 Å². The third kappa shape index (κ3) is 3.31. The predicted molar refractivity (Wildman–Crippen MR) is 59.2 cm³/mol. The first-order valence-corrected chi connectivity index (χ1v) is 5.53. The van der Waals surface area contributed by atoms with Gasteiger partial charge in [-0.3, -0.25) is 0 Å². The molecular formula is C12H11F3N2O2. The van der Waals surface area contributed by atoms with E-state index in [-0.39, 0.29) is 12.3 Å². The molecule has 1 unspecified atom stereocenters. The minimum atomic E-state index is -4.34. The number of aliphatic hydroxyl groups excluding tert-OH is 1. The lowest BCUT2D eigenvalue weighted by molar-refractivity contribution is -0.137. The van der Waals surface area contributed by atoms with Crippen LogP contribution in [0.5, 0.6) is 0 Å². The molecule has 1 aromatic heterocycles. The third-order valence-electron chi connectivity index (χ3n) is 2.48. The van der Waals surface area contributed by atoms with Crippen LogP contribution in [-0.4, -0.2) is 15.2 Å². The first-order chi connectivity index (χ1) is 8.86. The normalized spacial score (nSPS) is 13.5. The van der Waals surface area contributed by atoms with E-state index in [1.807, 2.05) is 0 Å². The molecule has 0 saturated heterocycles. The molecule has 7 heteroatoms. The topological polar surface area (TPSA) is 59.2 Å². The summed E-state index contributed by atoms with van der Waals surface area (Å²) in [6.45, 7) is 1.48. The van der Waals surface area contributed by atoms with Gasteiger partial charge < -0.3 is 9.63 Å². The fourth-order valence-electron chi connectivity index (χ4n) is 1.50. The molecule has 0 fully saturated rings. The highest BCUT2D eigenvalue weighted by Crippen LogP contribution is 2.29. The van der Waals surface area contributed by atoms with Crippen molar-refractivity contribution < 1.29 is 22.8 Å². The van der Waals surface area contributed by atoms with Crippen molar-refractivity contribution in [1.29, 1.82) is 0 Å². The smallest absolute Gasteiger partial charge is 0.384 e. The summed E-state index contributed by atoms with van der Waals surface area (Å²) in [7, 11) is 0. The first-order valence-electron chi connectivity index (χ1n) is 5.53. The van der Waals surface area contributed by atoms with Crippen LogP contribution in [0.1, 0.15) is 35.9 Å². The standard InChI is InChI=1S/C12H11F3N2O2/c1-7(18)11-16-10(17-19-11)6-8-2-4-9(5-3-8)12(13,14)15/h2-5,7,18H,6H2,1H3. The molecule has 1 N–H and O–H groups in total. The Kier molecular flexibility index (Phi) is 3.57. The van der Waals surface area contributed by atoms with Gasteiger partial charge in [-0.15, -0.1) is 0 Å². The Morgan fingerprint density at radius 1 is 1.26 bits per heavy atom. The van der Waals surface area contributed by atoms with Gasteiger partial charge in [0, 0.05) is 6.42 Å². The van der Waals surface area contributed by atoms with E-state index in [0.29, 0.717) is 11.4 Å². The van der Waals surface area contributed by atoms with Gasteiger partial charge in [0.25, 0.3) is 5.89 Å². The maximum atomic E-state index is 12.4. The van der Waals surface area contributed by atoms with Crippen molar-refractivity contribution in [2.75, 3.05) is 0 Å². The average molecular weight is 272 g/mol. The van der Waals surface area contributed by atoms with E-state index in [1.165, 1.54) is 19.1 Å². The molecule has 0 amide bonds. The zero-order valence-corrected chi connectivity index (χ0v) is 9.98. The lowest BCUT2D eigenvalue weighted by Gasteiger charge is -2.06. The van der Waals surface area contributed by atoms with E-state index in [1.54, 1.807) is 0 Å². The third-order valence-corrected chi connectivity index (χ3v) is 2.48. The quantitative estimate of drug-likeness (QED) is 0.933. The van der Waals surface area contributed by atoms with E-state index in [9.17, 15) is 18.3 Å². The Balaban J connectivity index is 2.11. The number of nitrogens with zero attached hydrogens (tertiary/aromatic N) is 2. The van der Waals surface area contributed by atoms with E-state index in [2.05, 4.69) is 10.1 Å². The van der Waals surface area contributed by atoms with Crippen LogP contribution >= 0.6 is 0 Å². The van der Waals surface area contributed by atoms with Gasteiger partial charge in [0.05, 0.1) is 5.56 Å². The fourth-order valence-corrected chi connectivity index (χ4v) is 1.50. The van der Waals surface area contributed by atoms with Crippen molar-refractivity contribution >= 4 is 0 Å². The number of rotatable bonds is 3. The summed E-state index contributed by atoms with van der Waals surface area (Å²) in [5.74, 6) is 0.401. The van der Waals surface area contributed by atoms with Gasteiger partial charge >= 0.3 is 6.18 Å². The number of halogens is 3. The monoisotopic (exact) mass is 272 g/mol. The molecule has 2 aromatic rings. The maximum Gasteiger partial charge on any atom is 0.416 e. The van der Waals surface area contributed by atoms with Crippen LogP contribution in [0.2, 0.25) is 0 Å². The van der Waals surface area contributed by atoms with Crippen LogP contribution in [-0.2, 0) is 12.6 Å². The van der Waals surface area contributed by atoms with Gasteiger partial charge in [0.15, 0.2) is 5.82 Å². The molecule has 0 bridgehead atoms. The highest BCUT2D eigenvalue weighted by molar-refractivity contribution is 5.26. The van der Waals surface area contributed by atoms with Crippen molar-refractivity contribution in [3.8, 4) is 0 Å². The summed E-state index contributed by atoms with van der Waals surface area (Å²) in [6, 6.07) is 4.73. The van der Waals surface area contributed by atoms with Crippen LogP contribution in [0.3, 0.4) is 0 Å². The molecule has 4 nitrogen and oxygen atoms in total. The Morgan fingerprint density at radius 2 is 1.89 bits per heavy atom. The van der Waals surface area contributed by atoms with Crippen molar-refractivity contribution in [3.05, 3.63) is 47.1 Å². The first kappa shape index (κ1) is 13.5. The molecule has 0 spiro atoms. The minimum absolute atomic E-state index is 0.0851. The molecule has 0 saturated carbocycles. The number of hydrogen-bond acceptors (Lipinski definition) is 4. The number of benzene rings is 1. The van der Waals surface area contributed by atoms with Crippen LogP contribution in [0.15, 0.2) is 28.8 Å². The number of alkyl halides is 3. The van der Waals surface area contributed by atoms with Crippen LogP contribution in [0.25, 0.3) is 0 Å². The Morgan fingerprint density at radius 3 is 2.37 bits per heavy atom. The van der Waals surface area contributed by atoms with Gasteiger partial charge in [-0.1, -0.05) is 17.3 Å². The summed E-state index contributed by atoms with van der Waals surface area (Å²) < 4.78 is 41.9. The fraction of sp³-hybridized carbons (Fsp3) is 0.333. The van der Waals surface area contributed by atoms with Crippen LogP contribution in [0, 0.1) is 0 Å². The summed E-state index contributed by atoms with van der Waals surface area (Å²) in [5, 5.41) is 12.8. The highest BCUT2D eigenvalue weighted by Gasteiger charge is 2.29. The summed E-state index contributed by atoms with van der Waals surface area (Å²) in [5.41, 5.74) is -0.0695. The lowest BCUT2D eigenvalue weighted by atomic mass is 10.1. The van der Waals surface area contributed by atoms with Crippen LogP contribution in [0.4, 0.5) is 13.2 Å². The number of hydrogen-bond donors (Lipinski definition) is 1. The molecular weight excluding hydrogens is 261 g/mol. The van der Waals surface area contributed by atoms with Gasteiger partial charge in [0.2, 0.25) is 0 Å². The molecule has 102 valence electrons. The minimum Gasteiger partial charge on any atom is -0.384 e. The Hall–Kier alpha value is -1.89. The number of aliphatic hydroxyl groups is 1. The van der Waals surface area contributed by atoms with Gasteiger partial charge in [-0.25, -0.2) is 0 Å². The van der Waals surface area contributed by atoms with E-state index in [0.717, 1.165) is 12.1 Å². The summed E-state index contributed by atoms with van der Waals surface area (Å²) >= 11 is 0. The second kappa shape index (κ2) is 5.00. The molecule has 0 aliphatic carbocycles. The maximum absolute atomic E-state index is 12.4. The summed E-state index contributed by atoms with van der Waals surface area (Å²) in [4.78, 5) is 3.93. The largest absolute Gasteiger partial charge is 0.416 e. The van der Waals surface area contributed by atoms with Crippen molar-refractivity contribution in [1.82, 2.24) is 10.1 Å². The zero-order chi connectivity index (χ0) is 14.0. The molecule has 2 rings (SSSR count). The second-order valence-electron chi connectivity index (χ2n) is 4.10. The van der Waals surface area contributed by atoms with E-state index in [4.69, 9.17) is 4.52 Å². The lowest BCUT2D eigenvalue weighted by Crippen LogP contribution is -2.04. The van der Waals surface area contributed by atoms with Crippen molar-refractivity contribution in [2.24, 2.45) is 0 Å². The number of aromatic nitrogens is 2. The summed E-state index contributed by atoms with van der Waals surface area (Å²) in [6.07, 6.45) is -4.97. The molecule has 0 radical (unpaired) electrons. The van der Waals surface area contributed by atoms with Gasteiger partial charge in [-0.2, -0.15) is 18.2 Å². The van der Waals surface area contributed by atoms with Gasteiger partial charge in [-0.05, 0) is 24.6 Å². The molecule has 19 heavy (non-hydrogen) atoms. The van der Waals surface area contributed by atoms with Crippen LogP contribution < -0.4 is 0 Å².